The van der Waals surface area contributed by atoms with E-state index in [1.54, 1.807) is 26.7 Å². The number of nitriles is 1. The number of carbonyl (C=O) groups excluding carboxylic acids is 1. The number of hydrogen-bond acceptors (Lipinski definition) is 5. The molecular formula is C11H9N5OS. The van der Waals surface area contributed by atoms with Gasteiger partial charge in [0.25, 0.3) is 5.91 Å². The van der Waals surface area contributed by atoms with Crippen LogP contribution in [0, 0.1) is 11.3 Å². The first-order valence-corrected chi connectivity index (χ1v) is 6.34. The number of nitrogens with zero attached hydrogens (tertiary/aromatic N) is 5. The standard InChI is InChI=1S/C11H9N5OS/c12-1-8-2-14-16(3-8)9-4-15(5-9)11(17)10-6-18-7-13-10/h2-3,6-7,9H,4-5H2. The summed E-state index contributed by atoms with van der Waals surface area (Å²) in [5.74, 6) is -0.0415. The third-order valence-electron chi connectivity index (χ3n) is 2.91. The first kappa shape index (κ1) is 10.9. The summed E-state index contributed by atoms with van der Waals surface area (Å²) in [6.45, 7) is 1.23. The van der Waals surface area contributed by atoms with Crippen molar-refractivity contribution in [3.05, 3.63) is 34.5 Å². The van der Waals surface area contributed by atoms with Gasteiger partial charge >= 0.3 is 0 Å². The van der Waals surface area contributed by atoms with E-state index in [0.29, 0.717) is 24.3 Å². The molecule has 3 rings (SSSR count). The van der Waals surface area contributed by atoms with E-state index in [4.69, 9.17) is 5.26 Å². The number of hydrogen-bond donors (Lipinski definition) is 0. The number of rotatable bonds is 2. The topological polar surface area (TPSA) is 74.8 Å². The quantitative estimate of drug-likeness (QED) is 0.803. The Balaban J connectivity index is 1.64. The number of aromatic nitrogens is 3. The van der Waals surface area contributed by atoms with Crippen molar-refractivity contribution in [1.82, 2.24) is 19.7 Å². The monoisotopic (exact) mass is 259 g/mol. The highest BCUT2D eigenvalue weighted by molar-refractivity contribution is 7.07. The highest BCUT2D eigenvalue weighted by Gasteiger charge is 2.33. The molecule has 0 atom stereocenters. The summed E-state index contributed by atoms with van der Waals surface area (Å²) < 4.78 is 1.74. The molecule has 3 heterocycles. The van der Waals surface area contributed by atoms with Crippen molar-refractivity contribution in [2.24, 2.45) is 0 Å². The van der Waals surface area contributed by atoms with Crippen LogP contribution in [0.5, 0.6) is 0 Å². The Labute approximate surface area is 107 Å². The van der Waals surface area contributed by atoms with Crippen LogP contribution in [0.4, 0.5) is 0 Å². The van der Waals surface area contributed by atoms with E-state index in [9.17, 15) is 4.79 Å². The summed E-state index contributed by atoms with van der Waals surface area (Å²) in [5, 5.41) is 14.6. The lowest BCUT2D eigenvalue weighted by atomic mass is 10.1. The zero-order valence-corrected chi connectivity index (χ0v) is 10.2. The van der Waals surface area contributed by atoms with Gasteiger partial charge in [0, 0.05) is 24.7 Å². The summed E-state index contributed by atoms with van der Waals surface area (Å²) in [5.41, 5.74) is 2.69. The summed E-state index contributed by atoms with van der Waals surface area (Å²) in [6, 6.07) is 2.20. The minimum atomic E-state index is -0.0415. The van der Waals surface area contributed by atoms with E-state index in [1.165, 1.54) is 17.5 Å². The molecule has 0 spiro atoms. The number of carbonyl (C=O) groups is 1. The molecule has 0 N–H and O–H groups in total. The number of thiazole rings is 1. The maximum Gasteiger partial charge on any atom is 0.273 e. The fourth-order valence-corrected chi connectivity index (χ4v) is 2.39. The van der Waals surface area contributed by atoms with Crippen molar-refractivity contribution in [3.63, 3.8) is 0 Å². The van der Waals surface area contributed by atoms with Crippen LogP contribution in [0.2, 0.25) is 0 Å². The van der Waals surface area contributed by atoms with Crippen LogP contribution in [0.15, 0.2) is 23.3 Å². The lowest BCUT2D eigenvalue weighted by Gasteiger charge is -2.38. The third kappa shape index (κ3) is 1.76. The SMILES string of the molecule is N#Cc1cnn(C2CN(C(=O)c3cscn3)C2)c1. The van der Waals surface area contributed by atoms with Crippen LogP contribution in [0.1, 0.15) is 22.1 Å². The van der Waals surface area contributed by atoms with Crippen molar-refractivity contribution < 1.29 is 4.79 Å². The van der Waals surface area contributed by atoms with Crippen molar-refractivity contribution in [1.29, 1.82) is 5.26 Å². The summed E-state index contributed by atoms with van der Waals surface area (Å²) in [4.78, 5) is 17.6. The Bertz CT molecular complexity index is 606. The van der Waals surface area contributed by atoms with Crippen molar-refractivity contribution >= 4 is 17.2 Å². The Morgan fingerprint density at radius 3 is 3.00 bits per heavy atom. The van der Waals surface area contributed by atoms with E-state index in [1.807, 2.05) is 6.07 Å². The van der Waals surface area contributed by atoms with E-state index < -0.39 is 0 Å². The minimum Gasteiger partial charge on any atom is -0.333 e. The van der Waals surface area contributed by atoms with Crippen LogP contribution in [-0.2, 0) is 0 Å². The molecule has 7 heteroatoms. The van der Waals surface area contributed by atoms with Gasteiger partial charge in [0.05, 0.1) is 23.3 Å². The smallest absolute Gasteiger partial charge is 0.273 e. The largest absolute Gasteiger partial charge is 0.333 e. The Hall–Kier alpha value is -2.20. The van der Waals surface area contributed by atoms with Gasteiger partial charge in [0.2, 0.25) is 0 Å². The van der Waals surface area contributed by atoms with Gasteiger partial charge in [-0.3, -0.25) is 9.48 Å². The van der Waals surface area contributed by atoms with Crippen molar-refractivity contribution in [3.8, 4) is 6.07 Å². The lowest BCUT2D eigenvalue weighted by molar-refractivity contribution is 0.0496. The fraction of sp³-hybridized carbons (Fsp3) is 0.273. The third-order valence-corrected chi connectivity index (χ3v) is 3.49. The van der Waals surface area contributed by atoms with Crippen LogP contribution in [0.3, 0.4) is 0 Å². The van der Waals surface area contributed by atoms with Gasteiger partial charge in [0.1, 0.15) is 11.8 Å². The average Bonchev–Trinajstić information content (AvgIpc) is 2.98. The molecule has 1 aliphatic heterocycles. The molecule has 2 aromatic rings. The van der Waals surface area contributed by atoms with Gasteiger partial charge in [0.15, 0.2) is 0 Å². The van der Waals surface area contributed by atoms with Gasteiger partial charge in [-0.1, -0.05) is 0 Å². The Morgan fingerprint density at radius 1 is 1.56 bits per heavy atom. The zero-order chi connectivity index (χ0) is 12.5. The molecular weight excluding hydrogens is 250 g/mol. The van der Waals surface area contributed by atoms with Crippen molar-refractivity contribution in [2.45, 2.75) is 6.04 Å². The van der Waals surface area contributed by atoms with E-state index in [0.717, 1.165) is 0 Å². The van der Waals surface area contributed by atoms with E-state index in [2.05, 4.69) is 10.1 Å². The molecule has 0 saturated carbocycles. The molecule has 0 radical (unpaired) electrons. The molecule has 0 unspecified atom stereocenters. The number of amides is 1. The predicted molar refractivity (Wildman–Crippen MR) is 64.0 cm³/mol. The van der Waals surface area contributed by atoms with E-state index in [-0.39, 0.29) is 11.9 Å². The molecule has 90 valence electrons. The first-order chi connectivity index (χ1) is 8.78. The molecule has 6 nitrogen and oxygen atoms in total. The van der Waals surface area contributed by atoms with E-state index >= 15 is 0 Å². The normalized spacial score (nSPS) is 15.2. The zero-order valence-electron chi connectivity index (χ0n) is 9.35. The molecule has 1 fully saturated rings. The molecule has 1 aliphatic rings. The van der Waals surface area contributed by atoms with Crippen LogP contribution < -0.4 is 0 Å². The fourth-order valence-electron chi connectivity index (χ4n) is 1.86. The molecule has 18 heavy (non-hydrogen) atoms. The second kappa shape index (κ2) is 4.23. The molecule has 1 amide bonds. The Morgan fingerprint density at radius 2 is 2.39 bits per heavy atom. The minimum absolute atomic E-state index is 0.0415. The van der Waals surface area contributed by atoms with Gasteiger partial charge in [-0.25, -0.2) is 4.98 Å². The maximum atomic E-state index is 11.9. The predicted octanol–water partition coefficient (Wildman–Crippen LogP) is 0.908. The molecule has 0 aromatic carbocycles. The summed E-state index contributed by atoms with van der Waals surface area (Å²) in [7, 11) is 0. The Kier molecular flexibility index (Phi) is 2.57. The summed E-state index contributed by atoms with van der Waals surface area (Å²) >= 11 is 1.41. The molecule has 1 saturated heterocycles. The van der Waals surface area contributed by atoms with Gasteiger partial charge in [-0.2, -0.15) is 10.4 Å². The highest BCUT2D eigenvalue weighted by Crippen LogP contribution is 2.22. The highest BCUT2D eigenvalue weighted by atomic mass is 32.1. The van der Waals surface area contributed by atoms with Gasteiger partial charge in [-0.05, 0) is 0 Å². The molecule has 0 aliphatic carbocycles. The molecule has 0 bridgehead atoms. The van der Waals surface area contributed by atoms with Crippen molar-refractivity contribution in [2.75, 3.05) is 13.1 Å². The maximum absolute atomic E-state index is 11.9. The van der Waals surface area contributed by atoms with Gasteiger partial charge in [-0.15, -0.1) is 11.3 Å². The first-order valence-electron chi connectivity index (χ1n) is 5.39. The van der Waals surface area contributed by atoms with Gasteiger partial charge < -0.3 is 4.90 Å². The van der Waals surface area contributed by atoms with Crippen LogP contribution in [-0.4, -0.2) is 38.7 Å². The van der Waals surface area contributed by atoms with Crippen LogP contribution in [0.25, 0.3) is 0 Å². The molecule has 2 aromatic heterocycles. The lowest BCUT2D eigenvalue weighted by Crippen LogP contribution is -2.50. The second-order valence-electron chi connectivity index (χ2n) is 4.06. The summed E-state index contributed by atoms with van der Waals surface area (Å²) in [6.07, 6.45) is 3.24. The van der Waals surface area contributed by atoms with Crippen LogP contribution >= 0.6 is 11.3 Å². The average molecular weight is 259 g/mol. The number of likely N-dealkylation sites (tertiary alicyclic amines) is 1. The second-order valence-corrected chi connectivity index (χ2v) is 4.78.